The SMILES string of the molecule is CC(C1CCC(F)(F)C1)C(C)(C)[S+](N)[O-]. The van der Waals surface area contributed by atoms with Crippen molar-refractivity contribution in [2.45, 2.75) is 50.7 Å². The van der Waals surface area contributed by atoms with Crippen LogP contribution in [0, 0.1) is 11.8 Å². The molecule has 0 aromatic heterocycles. The summed E-state index contributed by atoms with van der Waals surface area (Å²) >= 11 is -1.47. The van der Waals surface area contributed by atoms with E-state index in [1.54, 1.807) is 13.8 Å². The Hall–Kier alpha value is 0.130. The van der Waals surface area contributed by atoms with Crippen molar-refractivity contribution in [3.05, 3.63) is 0 Å². The molecule has 1 aliphatic rings. The lowest BCUT2D eigenvalue weighted by molar-refractivity contribution is 0.00180. The third-order valence-corrected chi connectivity index (χ3v) is 5.17. The van der Waals surface area contributed by atoms with Gasteiger partial charge in [0.2, 0.25) is 5.92 Å². The van der Waals surface area contributed by atoms with Gasteiger partial charge in [0.05, 0.1) is 0 Å². The molecular formula is C10H19F2NOS. The van der Waals surface area contributed by atoms with E-state index in [-0.39, 0.29) is 24.7 Å². The van der Waals surface area contributed by atoms with Gasteiger partial charge in [-0.2, -0.15) is 5.14 Å². The molecule has 0 saturated heterocycles. The Bertz CT molecular complexity index is 233. The molecule has 1 aliphatic carbocycles. The van der Waals surface area contributed by atoms with Gasteiger partial charge >= 0.3 is 0 Å². The predicted molar refractivity (Wildman–Crippen MR) is 57.9 cm³/mol. The Kier molecular flexibility index (Phi) is 3.68. The van der Waals surface area contributed by atoms with E-state index >= 15 is 0 Å². The summed E-state index contributed by atoms with van der Waals surface area (Å²) in [4.78, 5) is 0. The Morgan fingerprint density at radius 2 is 2.07 bits per heavy atom. The van der Waals surface area contributed by atoms with Gasteiger partial charge in [-0.1, -0.05) is 6.92 Å². The molecule has 1 saturated carbocycles. The quantitative estimate of drug-likeness (QED) is 0.769. The smallest absolute Gasteiger partial charge is 0.248 e. The van der Waals surface area contributed by atoms with Crippen molar-refractivity contribution in [2.24, 2.45) is 17.0 Å². The lowest BCUT2D eigenvalue weighted by Crippen LogP contribution is -2.45. The van der Waals surface area contributed by atoms with Crippen molar-refractivity contribution in [1.82, 2.24) is 0 Å². The Labute approximate surface area is 92.9 Å². The van der Waals surface area contributed by atoms with E-state index in [1.807, 2.05) is 6.92 Å². The molecule has 3 atom stereocenters. The highest BCUT2D eigenvalue weighted by atomic mass is 32.2. The largest absolute Gasteiger partial charge is 0.598 e. The van der Waals surface area contributed by atoms with E-state index in [2.05, 4.69) is 0 Å². The summed E-state index contributed by atoms with van der Waals surface area (Å²) in [5.41, 5.74) is 0. The van der Waals surface area contributed by atoms with Gasteiger partial charge in [0, 0.05) is 30.1 Å². The Morgan fingerprint density at radius 3 is 2.40 bits per heavy atom. The van der Waals surface area contributed by atoms with E-state index in [0.717, 1.165) is 0 Å². The van der Waals surface area contributed by atoms with Gasteiger partial charge in [-0.05, 0) is 26.2 Å². The van der Waals surface area contributed by atoms with Gasteiger partial charge in [0.25, 0.3) is 0 Å². The molecule has 3 unspecified atom stereocenters. The lowest BCUT2D eigenvalue weighted by Gasteiger charge is -2.34. The maximum absolute atomic E-state index is 13.0. The van der Waals surface area contributed by atoms with E-state index in [0.29, 0.717) is 6.42 Å². The van der Waals surface area contributed by atoms with Crippen molar-refractivity contribution < 1.29 is 13.3 Å². The van der Waals surface area contributed by atoms with Crippen LogP contribution in [0.3, 0.4) is 0 Å². The molecule has 2 N–H and O–H groups in total. The average Bonchev–Trinajstić information content (AvgIpc) is 2.44. The first-order chi connectivity index (χ1) is 6.67. The van der Waals surface area contributed by atoms with Crippen LogP contribution < -0.4 is 5.14 Å². The van der Waals surface area contributed by atoms with Gasteiger partial charge in [-0.25, -0.2) is 8.78 Å². The summed E-state index contributed by atoms with van der Waals surface area (Å²) in [6, 6.07) is 0. The normalized spacial score (nSPS) is 30.2. The fourth-order valence-corrected chi connectivity index (χ4v) is 2.72. The zero-order chi connectivity index (χ0) is 11.9. The highest BCUT2D eigenvalue weighted by Gasteiger charge is 2.48. The van der Waals surface area contributed by atoms with Crippen LogP contribution in [-0.2, 0) is 11.4 Å². The molecule has 0 radical (unpaired) electrons. The second-order valence-electron chi connectivity index (χ2n) is 5.05. The lowest BCUT2D eigenvalue weighted by atomic mass is 9.83. The molecule has 1 rings (SSSR count). The van der Waals surface area contributed by atoms with Crippen LogP contribution in [0.1, 0.15) is 40.0 Å². The van der Waals surface area contributed by atoms with E-state index in [9.17, 15) is 13.3 Å². The summed E-state index contributed by atoms with van der Waals surface area (Å²) in [6.45, 7) is 5.44. The maximum atomic E-state index is 13.0. The second-order valence-corrected chi connectivity index (χ2v) is 6.70. The first kappa shape index (κ1) is 13.2. The second kappa shape index (κ2) is 4.18. The van der Waals surface area contributed by atoms with Crippen LogP contribution in [0.4, 0.5) is 8.78 Å². The highest BCUT2D eigenvalue weighted by molar-refractivity contribution is 7.90. The zero-order valence-corrected chi connectivity index (χ0v) is 10.2. The number of hydrogen-bond acceptors (Lipinski definition) is 2. The standard InChI is InChI=1S/C10H19F2NOS/c1-7(9(2,3)15(13)14)8-4-5-10(11,12)6-8/h7-8H,4-6,13H2,1-3H3. The molecule has 0 aromatic rings. The predicted octanol–water partition coefficient (Wildman–Crippen LogP) is 2.46. The van der Waals surface area contributed by atoms with Gasteiger partial charge in [0.1, 0.15) is 4.75 Å². The number of rotatable bonds is 3. The number of halogens is 2. The molecule has 0 aromatic carbocycles. The summed E-state index contributed by atoms with van der Waals surface area (Å²) in [5.74, 6) is -2.65. The minimum Gasteiger partial charge on any atom is -0.598 e. The van der Waals surface area contributed by atoms with Crippen LogP contribution in [0.15, 0.2) is 0 Å². The molecule has 0 amide bonds. The van der Waals surface area contributed by atoms with Gasteiger partial charge in [0.15, 0.2) is 0 Å². The number of nitrogens with two attached hydrogens (primary N) is 1. The topological polar surface area (TPSA) is 49.1 Å². The molecular weight excluding hydrogens is 220 g/mol. The van der Waals surface area contributed by atoms with E-state index < -0.39 is 22.0 Å². The Balaban J connectivity index is 2.66. The molecule has 15 heavy (non-hydrogen) atoms. The number of alkyl halides is 2. The molecule has 0 aliphatic heterocycles. The molecule has 0 spiro atoms. The van der Waals surface area contributed by atoms with Crippen molar-refractivity contribution in [3.8, 4) is 0 Å². The summed E-state index contributed by atoms with van der Waals surface area (Å²) in [5, 5.41) is 5.39. The van der Waals surface area contributed by atoms with Crippen LogP contribution in [0.5, 0.6) is 0 Å². The minimum absolute atomic E-state index is 0.0447. The summed E-state index contributed by atoms with van der Waals surface area (Å²) in [6.07, 6.45) is 0.374. The van der Waals surface area contributed by atoms with E-state index in [4.69, 9.17) is 5.14 Å². The molecule has 0 heterocycles. The first-order valence-electron chi connectivity index (χ1n) is 5.21. The van der Waals surface area contributed by atoms with Crippen molar-refractivity contribution in [2.75, 3.05) is 0 Å². The van der Waals surface area contributed by atoms with Crippen LogP contribution in [0.2, 0.25) is 0 Å². The zero-order valence-electron chi connectivity index (χ0n) is 9.43. The van der Waals surface area contributed by atoms with Gasteiger partial charge < -0.3 is 4.55 Å². The monoisotopic (exact) mass is 239 g/mol. The molecule has 90 valence electrons. The minimum atomic E-state index is -2.54. The van der Waals surface area contributed by atoms with Crippen molar-refractivity contribution >= 4 is 11.4 Å². The van der Waals surface area contributed by atoms with Crippen molar-refractivity contribution in [3.63, 3.8) is 0 Å². The highest BCUT2D eigenvalue weighted by Crippen LogP contribution is 2.45. The fourth-order valence-electron chi connectivity index (χ4n) is 2.16. The molecule has 2 nitrogen and oxygen atoms in total. The van der Waals surface area contributed by atoms with Gasteiger partial charge in [-0.15, -0.1) is 0 Å². The fraction of sp³-hybridized carbons (Fsp3) is 1.00. The summed E-state index contributed by atoms with van der Waals surface area (Å²) < 4.78 is 36.8. The van der Waals surface area contributed by atoms with E-state index in [1.165, 1.54) is 0 Å². The van der Waals surface area contributed by atoms with Crippen LogP contribution >= 0.6 is 0 Å². The van der Waals surface area contributed by atoms with Gasteiger partial charge in [-0.3, -0.25) is 0 Å². The van der Waals surface area contributed by atoms with Crippen LogP contribution in [0.25, 0.3) is 0 Å². The third kappa shape index (κ3) is 2.82. The molecule has 0 bridgehead atoms. The average molecular weight is 239 g/mol. The maximum Gasteiger partial charge on any atom is 0.248 e. The first-order valence-corrected chi connectivity index (χ1v) is 6.42. The molecule has 5 heteroatoms. The van der Waals surface area contributed by atoms with Crippen molar-refractivity contribution in [1.29, 1.82) is 0 Å². The summed E-state index contributed by atoms with van der Waals surface area (Å²) in [7, 11) is 0. The molecule has 1 fully saturated rings. The van der Waals surface area contributed by atoms with Crippen LogP contribution in [-0.4, -0.2) is 15.2 Å². The Morgan fingerprint density at radius 1 is 1.53 bits per heavy atom. The third-order valence-electron chi connectivity index (χ3n) is 3.76. The number of hydrogen-bond donors (Lipinski definition) is 1.